The van der Waals surface area contributed by atoms with Crippen LogP contribution >= 0.6 is 0 Å². The van der Waals surface area contributed by atoms with E-state index in [1.165, 1.54) is 12.1 Å². The topological polar surface area (TPSA) is 109 Å². The summed E-state index contributed by atoms with van der Waals surface area (Å²) in [4.78, 5) is 33.0. The van der Waals surface area contributed by atoms with Gasteiger partial charge in [0.2, 0.25) is 5.91 Å². The molecule has 0 saturated carbocycles. The summed E-state index contributed by atoms with van der Waals surface area (Å²) < 4.78 is 12.6. The maximum absolute atomic E-state index is 12.6. The smallest absolute Gasteiger partial charge is 0.326 e. The van der Waals surface area contributed by atoms with Crippen molar-refractivity contribution in [1.82, 2.24) is 5.32 Å². The first-order chi connectivity index (χ1) is 8.40. The molecule has 1 aromatic carbocycles. The molecule has 0 aliphatic carbocycles. The summed E-state index contributed by atoms with van der Waals surface area (Å²) in [5.74, 6) is -3.45. The van der Waals surface area contributed by atoms with Crippen molar-refractivity contribution in [3.05, 3.63) is 35.6 Å². The third-order valence-electron chi connectivity index (χ3n) is 2.12. The predicted molar refractivity (Wildman–Crippen MR) is 59.1 cm³/mol. The van der Waals surface area contributed by atoms with Crippen LogP contribution in [-0.2, 0) is 9.59 Å². The second kappa shape index (κ2) is 5.76. The van der Waals surface area contributed by atoms with E-state index < -0.39 is 36.1 Å². The number of nitrogens with one attached hydrogen (secondary N) is 1. The number of carboxylic acids is 1. The van der Waals surface area contributed by atoms with Gasteiger partial charge in [-0.05, 0) is 24.3 Å². The Hall–Kier alpha value is -2.44. The molecule has 1 rings (SSSR count). The van der Waals surface area contributed by atoms with E-state index in [1.807, 2.05) is 0 Å². The van der Waals surface area contributed by atoms with E-state index in [2.05, 4.69) is 5.32 Å². The van der Waals surface area contributed by atoms with Gasteiger partial charge in [-0.25, -0.2) is 9.18 Å². The first-order valence-electron chi connectivity index (χ1n) is 4.97. The van der Waals surface area contributed by atoms with Crippen molar-refractivity contribution >= 4 is 17.8 Å². The number of hydrogen-bond acceptors (Lipinski definition) is 3. The molecule has 7 heteroatoms. The lowest BCUT2D eigenvalue weighted by Crippen LogP contribution is -2.43. The average Bonchev–Trinajstić information content (AvgIpc) is 2.28. The van der Waals surface area contributed by atoms with Gasteiger partial charge in [0.05, 0.1) is 6.42 Å². The lowest BCUT2D eigenvalue weighted by atomic mass is 10.1. The molecule has 1 aromatic rings. The van der Waals surface area contributed by atoms with E-state index in [0.29, 0.717) is 0 Å². The van der Waals surface area contributed by atoms with E-state index >= 15 is 0 Å². The molecule has 96 valence electrons. The van der Waals surface area contributed by atoms with Gasteiger partial charge in [-0.15, -0.1) is 0 Å². The van der Waals surface area contributed by atoms with Crippen LogP contribution in [0, 0.1) is 5.82 Å². The molecule has 0 aromatic heterocycles. The number of amides is 2. The Morgan fingerprint density at radius 1 is 1.28 bits per heavy atom. The minimum absolute atomic E-state index is 0.0899. The fourth-order valence-corrected chi connectivity index (χ4v) is 1.24. The number of aliphatic carboxylic acids is 1. The quantitative estimate of drug-likeness (QED) is 0.680. The summed E-state index contributed by atoms with van der Waals surface area (Å²) >= 11 is 0. The normalized spacial score (nSPS) is 11.6. The average molecular weight is 254 g/mol. The van der Waals surface area contributed by atoms with Crippen LogP contribution in [0.25, 0.3) is 0 Å². The number of halogens is 1. The summed E-state index contributed by atoms with van der Waals surface area (Å²) in [6.07, 6.45) is -0.512. The molecule has 0 radical (unpaired) electrons. The fourth-order valence-electron chi connectivity index (χ4n) is 1.24. The lowest BCUT2D eigenvalue weighted by Gasteiger charge is -2.12. The number of rotatable bonds is 5. The highest BCUT2D eigenvalue weighted by atomic mass is 19.1. The molecular formula is C11H11FN2O4. The number of carbonyl (C=O) groups is 3. The molecule has 2 amide bonds. The molecule has 0 aliphatic heterocycles. The van der Waals surface area contributed by atoms with Crippen molar-refractivity contribution < 1.29 is 23.9 Å². The van der Waals surface area contributed by atoms with Crippen molar-refractivity contribution in [2.75, 3.05) is 0 Å². The fraction of sp³-hybridized carbons (Fsp3) is 0.182. The second-order valence-corrected chi connectivity index (χ2v) is 3.54. The monoisotopic (exact) mass is 254 g/mol. The van der Waals surface area contributed by atoms with E-state index in [4.69, 9.17) is 10.8 Å². The molecule has 0 spiro atoms. The maximum atomic E-state index is 12.6. The van der Waals surface area contributed by atoms with Crippen molar-refractivity contribution in [1.29, 1.82) is 0 Å². The third kappa shape index (κ3) is 3.85. The van der Waals surface area contributed by atoms with Crippen LogP contribution in [0.2, 0.25) is 0 Å². The SMILES string of the molecule is NC(=O)C[C@@H](NC(=O)c1ccc(F)cc1)C(=O)O. The van der Waals surface area contributed by atoms with Gasteiger partial charge in [0.1, 0.15) is 11.9 Å². The molecule has 0 saturated heterocycles. The Bertz CT molecular complexity index is 472. The molecule has 0 fully saturated rings. The molecule has 0 aliphatic rings. The summed E-state index contributed by atoms with van der Waals surface area (Å²) in [7, 11) is 0. The zero-order valence-corrected chi connectivity index (χ0v) is 9.22. The van der Waals surface area contributed by atoms with Crippen molar-refractivity contribution in [3.8, 4) is 0 Å². The minimum atomic E-state index is -1.40. The number of nitrogens with two attached hydrogens (primary N) is 1. The van der Waals surface area contributed by atoms with E-state index in [1.54, 1.807) is 0 Å². The first-order valence-corrected chi connectivity index (χ1v) is 4.97. The van der Waals surface area contributed by atoms with Gasteiger partial charge in [0.15, 0.2) is 0 Å². The second-order valence-electron chi connectivity index (χ2n) is 3.54. The molecule has 6 nitrogen and oxygen atoms in total. The molecule has 1 atom stereocenters. The summed E-state index contributed by atoms with van der Waals surface area (Å²) in [6, 6.07) is 3.14. The highest BCUT2D eigenvalue weighted by Crippen LogP contribution is 2.03. The van der Waals surface area contributed by atoms with Crippen LogP contribution in [0.15, 0.2) is 24.3 Å². The van der Waals surface area contributed by atoms with E-state index in [9.17, 15) is 18.8 Å². The van der Waals surface area contributed by atoms with Crippen molar-refractivity contribution in [2.24, 2.45) is 5.73 Å². The highest BCUT2D eigenvalue weighted by molar-refractivity contribution is 5.97. The Morgan fingerprint density at radius 2 is 1.83 bits per heavy atom. The molecular weight excluding hydrogens is 243 g/mol. The van der Waals surface area contributed by atoms with E-state index in [0.717, 1.165) is 12.1 Å². The van der Waals surface area contributed by atoms with Gasteiger partial charge in [-0.1, -0.05) is 0 Å². The van der Waals surface area contributed by atoms with E-state index in [-0.39, 0.29) is 5.56 Å². The number of carbonyl (C=O) groups excluding carboxylic acids is 2. The Balaban J connectivity index is 2.75. The summed E-state index contributed by atoms with van der Waals surface area (Å²) in [6.45, 7) is 0. The van der Waals surface area contributed by atoms with Gasteiger partial charge < -0.3 is 16.2 Å². The van der Waals surface area contributed by atoms with Gasteiger partial charge in [0.25, 0.3) is 5.91 Å². The number of primary amides is 1. The van der Waals surface area contributed by atoms with Gasteiger partial charge in [-0.2, -0.15) is 0 Å². The standard InChI is InChI=1S/C11H11FN2O4/c12-7-3-1-6(2-4-7)10(16)14-8(11(17)18)5-9(13)15/h1-4,8H,5H2,(H2,13,15)(H,14,16)(H,17,18)/t8-/m1/s1. The van der Waals surface area contributed by atoms with Crippen molar-refractivity contribution in [3.63, 3.8) is 0 Å². The lowest BCUT2D eigenvalue weighted by molar-refractivity contribution is -0.140. The molecule has 0 bridgehead atoms. The highest BCUT2D eigenvalue weighted by Gasteiger charge is 2.22. The number of benzene rings is 1. The van der Waals surface area contributed by atoms with Crippen LogP contribution in [0.3, 0.4) is 0 Å². The van der Waals surface area contributed by atoms with Crippen LogP contribution in [0.4, 0.5) is 4.39 Å². The largest absolute Gasteiger partial charge is 0.480 e. The zero-order valence-electron chi connectivity index (χ0n) is 9.22. The summed E-state index contributed by atoms with van der Waals surface area (Å²) in [5.41, 5.74) is 4.95. The van der Waals surface area contributed by atoms with Gasteiger partial charge >= 0.3 is 5.97 Å². The van der Waals surface area contributed by atoms with Crippen LogP contribution < -0.4 is 11.1 Å². The van der Waals surface area contributed by atoms with Crippen LogP contribution in [0.1, 0.15) is 16.8 Å². The predicted octanol–water partition coefficient (Wildman–Crippen LogP) is -0.116. The minimum Gasteiger partial charge on any atom is -0.480 e. The molecule has 0 unspecified atom stereocenters. The Kier molecular flexibility index (Phi) is 4.36. The third-order valence-corrected chi connectivity index (χ3v) is 2.12. The molecule has 0 heterocycles. The van der Waals surface area contributed by atoms with Gasteiger partial charge in [0, 0.05) is 5.56 Å². The Labute approximate surface area is 102 Å². The van der Waals surface area contributed by atoms with Gasteiger partial charge in [-0.3, -0.25) is 9.59 Å². The number of hydrogen-bond donors (Lipinski definition) is 3. The van der Waals surface area contributed by atoms with Crippen molar-refractivity contribution in [2.45, 2.75) is 12.5 Å². The van der Waals surface area contributed by atoms with Crippen LogP contribution in [0.5, 0.6) is 0 Å². The van der Waals surface area contributed by atoms with Crippen LogP contribution in [-0.4, -0.2) is 28.9 Å². The molecule has 4 N–H and O–H groups in total. The number of carboxylic acid groups (broad SMARTS) is 1. The Morgan fingerprint density at radius 3 is 2.28 bits per heavy atom. The maximum Gasteiger partial charge on any atom is 0.326 e. The molecule has 18 heavy (non-hydrogen) atoms. The summed E-state index contributed by atoms with van der Waals surface area (Å²) in [5, 5.41) is 10.9. The first kappa shape index (κ1) is 13.6. The zero-order chi connectivity index (χ0) is 13.7.